The molecular weight excluding hydrogens is 272 g/mol. The van der Waals surface area contributed by atoms with Gasteiger partial charge < -0.3 is 9.16 Å². The predicted octanol–water partition coefficient (Wildman–Crippen LogP) is 2.78. The molecular formula is C15H18O4Si. The summed E-state index contributed by atoms with van der Waals surface area (Å²) in [7, 11) is 0.488. The summed E-state index contributed by atoms with van der Waals surface area (Å²) in [6.07, 6.45) is 1.87. The van der Waals surface area contributed by atoms with E-state index < -0.39 is 11.9 Å². The minimum Gasteiger partial charge on any atom is -0.413 e. The Morgan fingerprint density at radius 3 is 2.55 bits per heavy atom. The highest BCUT2D eigenvalue weighted by molar-refractivity contribution is 6.27. The molecule has 1 aromatic carbocycles. The van der Waals surface area contributed by atoms with Crippen LogP contribution in [0, 0.1) is 0 Å². The summed E-state index contributed by atoms with van der Waals surface area (Å²) < 4.78 is 10.3. The van der Waals surface area contributed by atoms with Gasteiger partial charge in [0.05, 0.1) is 11.1 Å². The molecule has 0 spiro atoms. The lowest BCUT2D eigenvalue weighted by Gasteiger charge is -2.18. The molecule has 20 heavy (non-hydrogen) atoms. The summed E-state index contributed by atoms with van der Waals surface area (Å²) in [4.78, 5) is 22.8. The van der Waals surface area contributed by atoms with Crippen LogP contribution in [0.4, 0.5) is 0 Å². The summed E-state index contributed by atoms with van der Waals surface area (Å²) in [5, 5.41) is 0. The van der Waals surface area contributed by atoms with E-state index in [0.717, 1.165) is 24.4 Å². The molecule has 0 N–H and O–H groups in total. The van der Waals surface area contributed by atoms with Crippen LogP contribution in [0.5, 0.6) is 0 Å². The Labute approximate surface area is 121 Å². The molecule has 0 aliphatic carbocycles. The summed E-state index contributed by atoms with van der Waals surface area (Å²) in [6.45, 7) is 6.13. The van der Waals surface area contributed by atoms with Crippen molar-refractivity contribution in [1.82, 2.24) is 0 Å². The number of fused-ring (bicyclic) bond motifs is 1. The number of hydrogen-bond acceptors (Lipinski definition) is 4. The normalized spacial score (nSPS) is 14.3. The second-order valence-corrected chi connectivity index (χ2v) is 6.76. The van der Waals surface area contributed by atoms with Crippen molar-refractivity contribution in [3.63, 3.8) is 0 Å². The van der Waals surface area contributed by atoms with Crippen molar-refractivity contribution in [3.8, 4) is 0 Å². The minimum absolute atomic E-state index is 0.0872. The number of cyclic esters (lactones) is 2. The first kappa shape index (κ1) is 14.9. The van der Waals surface area contributed by atoms with Gasteiger partial charge in [0.25, 0.3) is 0 Å². The summed E-state index contributed by atoms with van der Waals surface area (Å²) in [6, 6.07) is 6.31. The van der Waals surface area contributed by atoms with Crippen molar-refractivity contribution in [3.05, 3.63) is 34.9 Å². The third-order valence-corrected chi connectivity index (χ3v) is 4.15. The molecule has 1 aromatic rings. The van der Waals surface area contributed by atoms with Gasteiger partial charge in [-0.3, -0.25) is 0 Å². The van der Waals surface area contributed by atoms with Crippen molar-refractivity contribution in [1.29, 1.82) is 0 Å². The highest BCUT2D eigenvalue weighted by Crippen LogP contribution is 2.22. The van der Waals surface area contributed by atoms with Crippen molar-refractivity contribution >= 4 is 21.7 Å². The largest absolute Gasteiger partial charge is 0.413 e. The van der Waals surface area contributed by atoms with Crippen LogP contribution in [0.2, 0.25) is 6.04 Å². The lowest BCUT2D eigenvalue weighted by molar-refractivity contribution is 0.0443. The molecule has 5 heteroatoms. The Hall–Kier alpha value is -1.46. The number of benzene rings is 1. The highest BCUT2D eigenvalue weighted by Gasteiger charge is 2.29. The first-order valence-corrected chi connectivity index (χ1v) is 7.79. The quantitative estimate of drug-likeness (QED) is 0.362. The van der Waals surface area contributed by atoms with Crippen LogP contribution in [0.1, 0.15) is 53.5 Å². The molecule has 2 radical (unpaired) electrons. The fourth-order valence-corrected chi connectivity index (χ4v) is 2.78. The van der Waals surface area contributed by atoms with E-state index in [-0.39, 0.29) is 5.60 Å². The number of esters is 2. The SMILES string of the molecule is CC(C)(C)O[Si]CCCc1ccc2c(c1)C(=O)OC2=O. The molecule has 0 amide bonds. The number of aryl methyl sites for hydroxylation is 1. The Balaban J connectivity index is 1.85. The molecule has 0 unspecified atom stereocenters. The van der Waals surface area contributed by atoms with Crippen LogP contribution in [-0.4, -0.2) is 27.3 Å². The summed E-state index contributed by atoms with van der Waals surface area (Å²) >= 11 is 0. The fourth-order valence-electron chi connectivity index (χ4n) is 1.92. The average Bonchev–Trinajstić information content (AvgIpc) is 2.63. The molecule has 106 valence electrons. The number of hydrogen-bond donors (Lipinski definition) is 0. The lowest BCUT2D eigenvalue weighted by atomic mass is 10.0. The van der Waals surface area contributed by atoms with Gasteiger partial charge in [-0.25, -0.2) is 9.59 Å². The van der Waals surface area contributed by atoms with E-state index in [4.69, 9.17) is 4.43 Å². The monoisotopic (exact) mass is 290 g/mol. The van der Waals surface area contributed by atoms with E-state index in [2.05, 4.69) is 4.74 Å². The molecule has 0 atom stereocenters. The van der Waals surface area contributed by atoms with Gasteiger partial charge in [-0.2, -0.15) is 0 Å². The van der Waals surface area contributed by atoms with Crippen LogP contribution in [-0.2, 0) is 15.6 Å². The van der Waals surface area contributed by atoms with E-state index in [1.807, 2.05) is 26.8 Å². The maximum absolute atomic E-state index is 11.5. The number of carbonyl (C=O) groups excluding carboxylic acids is 2. The van der Waals surface area contributed by atoms with Crippen LogP contribution >= 0.6 is 0 Å². The summed E-state index contributed by atoms with van der Waals surface area (Å²) in [5.41, 5.74) is 1.73. The van der Waals surface area contributed by atoms with Crippen molar-refractivity contribution < 1.29 is 18.8 Å². The number of ether oxygens (including phenoxy) is 1. The van der Waals surface area contributed by atoms with Gasteiger partial charge in [0, 0.05) is 5.60 Å². The summed E-state index contributed by atoms with van der Waals surface area (Å²) in [5.74, 6) is -1.08. The molecule has 0 fully saturated rings. The van der Waals surface area contributed by atoms with Gasteiger partial charge in [-0.05, 0) is 57.4 Å². The fraction of sp³-hybridized carbons (Fsp3) is 0.467. The third kappa shape index (κ3) is 3.77. The zero-order chi connectivity index (χ0) is 14.8. The van der Waals surface area contributed by atoms with Gasteiger partial charge in [-0.15, -0.1) is 0 Å². The molecule has 1 heterocycles. The molecule has 0 saturated carbocycles. The minimum atomic E-state index is -0.545. The van der Waals surface area contributed by atoms with Crippen molar-refractivity contribution in [2.24, 2.45) is 0 Å². The first-order chi connectivity index (χ1) is 9.37. The van der Waals surface area contributed by atoms with Crippen molar-refractivity contribution in [2.45, 2.75) is 45.3 Å². The number of rotatable bonds is 5. The lowest BCUT2D eigenvalue weighted by Crippen LogP contribution is -2.21. The van der Waals surface area contributed by atoms with Gasteiger partial charge >= 0.3 is 11.9 Å². The van der Waals surface area contributed by atoms with Crippen LogP contribution in [0.3, 0.4) is 0 Å². The topological polar surface area (TPSA) is 52.6 Å². The Morgan fingerprint density at radius 2 is 1.85 bits per heavy atom. The van der Waals surface area contributed by atoms with Crippen LogP contribution in [0.15, 0.2) is 18.2 Å². The maximum atomic E-state index is 11.5. The van der Waals surface area contributed by atoms with E-state index in [1.165, 1.54) is 0 Å². The smallest absolute Gasteiger partial charge is 0.346 e. The Kier molecular flexibility index (Phi) is 4.40. The molecule has 0 saturated heterocycles. The first-order valence-electron chi connectivity index (χ1n) is 6.67. The third-order valence-electron chi connectivity index (χ3n) is 2.83. The van der Waals surface area contributed by atoms with E-state index in [1.54, 1.807) is 12.1 Å². The average molecular weight is 290 g/mol. The van der Waals surface area contributed by atoms with Crippen LogP contribution in [0.25, 0.3) is 0 Å². The van der Waals surface area contributed by atoms with Gasteiger partial charge in [-0.1, -0.05) is 6.07 Å². The highest BCUT2D eigenvalue weighted by atomic mass is 28.2. The maximum Gasteiger partial charge on any atom is 0.346 e. The zero-order valence-corrected chi connectivity index (χ0v) is 13.0. The van der Waals surface area contributed by atoms with E-state index in [0.29, 0.717) is 20.9 Å². The molecule has 1 aliphatic heterocycles. The Morgan fingerprint density at radius 1 is 1.15 bits per heavy atom. The van der Waals surface area contributed by atoms with Gasteiger partial charge in [0.15, 0.2) is 0 Å². The zero-order valence-electron chi connectivity index (χ0n) is 12.0. The number of carbonyl (C=O) groups is 2. The van der Waals surface area contributed by atoms with Gasteiger partial charge in [0.2, 0.25) is 9.76 Å². The van der Waals surface area contributed by atoms with E-state index in [9.17, 15) is 9.59 Å². The van der Waals surface area contributed by atoms with Gasteiger partial charge in [0.1, 0.15) is 0 Å². The molecule has 0 bridgehead atoms. The van der Waals surface area contributed by atoms with Crippen LogP contribution < -0.4 is 0 Å². The molecule has 1 aliphatic rings. The molecule has 2 rings (SSSR count). The van der Waals surface area contributed by atoms with Crippen molar-refractivity contribution in [2.75, 3.05) is 0 Å². The molecule has 0 aromatic heterocycles. The predicted molar refractivity (Wildman–Crippen MR) is 75.9 cm³/mol. The second-order valence-electron chi connectivity index (χ2n) is 5.77. The standard InChI is InChI=1S/C15H18O4Si/c1-15(2,3)19-20-8-4-5-10-6-7-11-12(9-10)14(17)18-13(11)16/h6-7,9H,4-5,8H2,1-3H3. The molecule has 4 nitrogen and oxygen atoms in total. The second kappa shape index (κ2) is 5.89. The Bertz CT molecular complexity index is 531. The van der Waals surface area contributed by atoms with E-state index >= 15 is 0 Å².